The molecule has 0 saturated carbocycles. The van der Waals surface area contributed by atoms with Crippen LogP contribution in [0.25, 0.3) is 10.9 Å². The molecule has 0 spiro atoms. The fourth-order valence-corrected chi connectivity index (χ4v) is 2.27. The van der Waals surface area contributed by atoms with Crippen LogP contribution in [0.3, 0.4) is 0 Å². The third-order valence-electron chi connectivity index (χ3n) is 3.27. The van der Waals surface area contributed by atoms with E-state index in [1.165, 1.54) is 0 Å². The summed E-state index contributed by atoms with van der Waals surface area (Å²) in [6, 6.07) is 9.87. The summed E-state index contributed by atoms with van der Waals surface area (Å²) in [5.74, 6) is 0. The van der Waals surface area contributed by atoms with E-state index in [4.69, 9.17) is 5.73 Å². The van der Waals surface area contributed by atoms with Gasteiger partial charge in [-0.15, -0.1) is 0 Å². The molecule has 0 aliphatic rings. The molecular weight excluding hydrogens is 250 g/mol. The molecule has 0 aliphatic heterocycles. The second-order valence-electron chi connectivity index (χ2n) is 4.76. The van der Waals surface area contributed by atoms with Crippen molar-refractivity contribution < 1.29 is 0 Å². The number of rotatable bonds is 4. The van der Waals surface area contributed by atoms with Crippen LogP contribution in [-0.2, 0) is 13.5 Å². The van der Waals surface area contributed by atoms with Gasteiger partial charge in [-0.2, -0.15) is 5.10 Å². The molecule has 20 heavy (non-hydrogen) atoms. The zero-order valence-corrected chi connectivity index (χ0v) is 11.4. The van der Waals surface area contributed by atoms with E-state index >= 15 is 0 Å². The summed E-state index contributed by atoms with van der Waals surface area (Å²) in [6.07, 6.45) is 4.60. The predicted molar refractivity (Wildman–Crippen MR) is 81.6 cm³/mol. The maximum Gasteiger partial charge on any atom is 0.0951 e. The van der Waals surface area contributed by atoms with Gasteiger partial charge >= 0.3 is 0 Å². The van der Waals surface area contributed by atoms with E-state index in [0.29, 0.717) is 5.69 Å². The molecule has 3 aromatic rings. The number of benzene rings is 1. The lowest BCUT2D eigenvalue weighted by Crippen LogP contribution is -2.06. The Kier molecular flexibility index (Phi) is 3.25. The SMILES string of the molecule is Cn1ccc(CCNc2ccc(N)c3ncccc23)n1. The second-order valence-corrected chi connectivity index (χ2v) is 4.76. The highest BCUT2D eigenvalue weighted by Gasteiger charge is 2.04. The van der Waals surface area contributed by atoms with E-state index in [-0.39, 0.29) is 0 Å². The Balaban J connectivity index is 1.76. The van der Waals surface area contributed by atoms with E-state index in [1.807, 2.05) is 48.3 Å². The average molecular weight is 267 g/mol. The third kappa shape index (κ3) is 2.42. The van der Waals surface area contributed by atoms with Gasteiger partial charge in [-0.05, 0) is 30.3 Å². The monoisotopic (exact) mass is 267 g/mol. The van der Waals surface area contributed by atoms with Crippen LogP contribution in [0.1, 0.15) is 5.69 Å². The lowest BCUT2D eigenvalue weighted by atomic mass is 10.1. The quantitative estimate of drug-likeness (QED) is 0.711. The van der Waals surface area contributed by atoms with Crippen molar-refractivity contribution in [3.05, 3.63) is 48.4 Å². The van der Waals surface area contributed by atoms with Crippen LogP contribution in [0.4, 0.5) is 11.4 Å². The highest BCUT2D eigenvalue weighted by atomic mass is 15.2. The van der Waals surface area contributed by atoms with Gasteiger partial charge in [0.05, 0.1) is 16.9 Å². The van der Waals surface area contributed by atoms with Crippen LogP contribution in [0.15, 0.2) is 42.7 Å². The van der Waals surface area contributed by atoms with E-state index < -0.39 is 0 Å². The molecule has 0 saturated heterocycles. The Hall–Kier alpha value is -2.56. The van der Waals surface area contributed by atoms with Crippen LogP contribution >= 0.6 is 0 Å². The van der Waals surface area contributed by atoms with Gasteiger partial charge < -0.3 is 11.1 Å². The summed E-state index contributed by atoms with van der Waals surface area (Å²) >= 11 is 0. The number of nitrogen functional groups attached to an aromatic ring is 1. The van der Waals surface area contributed by atoms with Gasteiger partial charge in [-0.3, -0.25) is 9.67 Å². The van der Waals surface area contributed by atoms with Crippen LogP contribution in [0.5, 0.6) is 0 Å². The van der Waals surface area contributed by atoms with Crippen LogP contribution in [0.2, 0.25) is 0 Å². The highest BCUT2D eigenvalue weighted by molar-refractivity contribution is 5.98. The van der Waals surface area contributed by atoms with Crippen molar-refractivity contribution in [1.82, 2.24) is 14.8 Å². The van der Waals surface area contributed by atoms with E-state index in [0.717, 1.165) is 35.2 Å². The summed E-state index contributed by atoms with van der Waals surface area (Å²) < 4.78 is 1.82. The summed E-state index contributed by atoms with van der Waals surface area (Å²) in [5.41, 5.74) is 9.63. The van der Waals surface area contributed by atoms with Gasteiger partial charge in [0.1, 0.15) is 0 Å². The molecule has 5 nitrogen and oxygen atoms in total. The highest BCUT2D eigenvalue weighted by Crippen LogP contribution is 2.26. The van der Waals surface area contributed by atoms with Crippen LogP contribution in [-0.4, -0.2) is 21.3 Å². The minimum Gasteiger partial charge on any atom is -0.397 e. The van der Waals surface area contributed by atoms with Crippen molar-refractivity contribution in [2.45, 2.75) is 6.42 Å². The number of nitrogens with two attached hydrogens (primary N) is 1. The van der Waals surface area contributed by atoms with Gasteiger partial charge in [0, 0.05) is 43.5 Å². The molecule has 0 fully saturated rings. The van der Waals surface area contributed by atoms with Gasteiger partial charge in [0.15, 0.2) is 0 Å². The molecule has 3 N–H and O–H groups in total. The number of hydrogen-bond acceptors (Lipinski definition) is 4. The minimum absolute atomic E-state index is 0.705. The lowest BCUT2D eigenvalue weighted by molar-refractivity contribution is 0.742. The largest absolute Gasteiger partial charge is 0.397 e. The van der Waals surface area contributed by atoms with Crippen LogP contribution in [0, 0.1) is 0 Å². The number of nitrogens with one attached hydrogen (secondary N) is 1. The predicted octanol–water partition coefficient (Wildman–Crippen LogP) is 2.21. The van der Waals surface area contributed by atoms with Crippen molar-refractivity contribution in [3.63, 3.8) is 0 Å². The molecule has 0 atom stereocenters. The van der Waals surface area contributed by atoms with Crippen molar-refractivity contribution >= 4 is 22.3 Å². The van der Waals surface area contributed by atoms with Gasteiger partial charge in [-0.1, -0.05) is 0 Å². The number of fused-ring (bicyclic) bond motifs is 1. The molecule has 2 aromatic heterocycles. The smallest absolute Gasteiger partial charge is 0.0951 e. The van der Waals surface area contributed by atoms with Gasteiger partial charge in [0.25, 0.3) is 0 Å². The average Bonchev–Trinajstić information content (AvgIpc) is 2.87. The number of aryl methyl sites for hydroxylation is 1. The number of nitrogens with zero attached hydrogens (tertiary/aromatic N) is 3. The number of hydrogen-bond donors (Lipinski definition) is 2. The first kappa shape index (κ1) is 12.5. The normalized spacial score (nSPS) is 10.8. The van der Waals surface area contributed by atoms with Crippen molar-refractivity contribution in [3.8, 4) is 0 Å². The Morgan fingerprint density at radius 3 is 2.95 bits per heavy atom. The Morgan fingerprint density at radius 1 is 1.25 bits per heavy atom. The van der Waals surface area contributed by atoms with Crippen molar-refractivity contribution in [2.24, 2.45) is 7.05 Å². The Labute approximate surface area is 117 Å². The molecule has 0 aliphatic carbocycles. The van der Waals surface area contributed by atoms with Crippen molar-refractivity contribution in [1.29, 1.82) is 0 Å². The molecule has 5 heteroatoms. The number of anilines is 2. The zero-order chi connectivity index (χ0) is 13.9. The number of pyridine rings is 1. The van der Waals surface area contributed by atoms with E-state index in [9.17, 15) is 0 Å². The molecule has 102 valence electrons. The molecular formula is C15H17N5. The summed E-state index contributed by atoms with van der Waals surface area (Å²) in [6.45, 7) is 0.824. The Morgan fingerprint density at radius 2 is 2.15 bits per heavy atom. The molecule has 0 radical (unpaired) electrons. The lowest BCUT2D eigenvalue weighted by Gasteiger charge is -2.10. The van der Waals surface area contributed by atoms with Gasteiger partial charge in [0.2, 0.25) is 0 Å². The molecule has 3 rings (SSSR count). The molecule has 0 amide bonds. The maximum atomic E-state index is 5.94. The first-order chi connectivity index (χ1) is 9.74. The summed E-state index contributed by atoms with van der Waals surface area (Å²) in [7, 11) is 1.93. The minimum atomic E-state index is 0.705. The first-order valence-electron chi connectivity index (χ1n) is 6.59. The second kappa shape index (κ2) is 5.21. The molecule has 0 unspecified atom stereocenters. The maximum absolute atomic E-state index is 5.94. The first-order valence-corrected chi connectivity index (χ1v) is 6.59. The van der Waals surface area contributed by atoms with E-state index in [1.54, 1.807) is 6.20 Å². The third-order valence-corrected chi connectivity index (χ3v) is 3.27. The summed E-state index contributed by atoms with van der Waals surface area (Å²) in [4.78, 5) is 4.33. The zero-order valence-electron chi connectivity index (χ0n) is 11.4. The fourth-order valence-electron chi connectivity index (χ4n) is 2.27. The number of aromatic nitrogens is 3. The van der Waals surface area contributed by atoms with Gasteiger partial charge in [-0.25, -0.2) is 0 Å². The fraction of sp³-hybridized carbons (Fsp3) is 0.200. The Bertz CT molecular complexity index is 732. The van der Waals surface area contributed by atoms with Crippen molar-refractivity contribution in [2.75, 3.05) is 17.6 Å². The molecule has 1 aromatic carbocycles. The van der Waals surface area contributed by atoms with E-state index in [2.05, 4.69) is 15.4 Å². The topological polar surface area (TPSA) is 68.8 Å². The molecule has 2 heterocycles. The standard InChI is InChI=1S/C15H17N5/c1-20-10-7-11(19-20)6-9-17-14-5-4-13(16)15-12(14)3-2-8-18-15/h2-5,7-8,10,17H,6,9,16H2,1H3. The molecule has 0 bridgehead atoms. The van der Waals surface area contributed by atoms with Crippen LogP contribution < -0.4 is 11.1 Å². The summed E-state index contributed by atoms with van der Waals surface area (Å²) in [5, 5.41) is 8.84.